The van der Waals surface area contributed by atoms with Crippen LogP contribution in [0, 0.1) is 5.82 Å². The number of amides is 2. The molecule has 0 aliphatic heterocycles. The van der Waals surface area contributed by atoms with Gasteiger partial charge in [0.1, 0.15) is 23.5 Å². The Labute approximate surface area is 148 Å². The zero-order chi connectivity index (χ0) is 18.5. The van der Waals surface area contributed by atoms with E-state index >= 15 is 0 Å². The number of nitrogens with one attached hydrogen (secondary N) is 2. The lowest BCUT2D eigenvalue weighted by Crippen LogP contribution is -2.33. The Hall–Kier alpha value is -3.55. The summed E-state index contributed by atoms with van der Waals surface area (Å²) in [6.45, 7) is 0.227. The van der Waals surface area contributed by atoms with Crippen LogP contribution in [0.3, 0.4) is 0 Å². The first-order chi connectivity index (χ1) is 12.5. The van der Waals surface area contributed by atoms with Gasteiger partial charge in [-0.2, -0.15) is 0 Å². The third kappa shape index (κ3) is 3.92. The van der Waals surface area contributed by atoms with Gasteiger partial charge in [-0.25, -0.2) is 14.4 Å². The number of aromatic nitrogens is 2. The van der Waals surface area contributed by atoms with Crippen LogP contribution in [0.4, 0.5) is 10.2 Å². The van der Waals surface area contributed by atoms with Crippen molar-refractivity contribution in [2.45, 2.75) is 6.54 Å². The number of carbonyl (C=O) groups excluding carboxylic acids is 2. The van der Waals surface area contributed by atoms with Crippen molar-refractivity contribution in [2.75, 3.05) is 11.9 Å². The normalized spacial score (nSPS) is 10.5. The van der Waals surface area contributed by atoms with Crippen molar-refractivity contribution >= 4 is 28.5 Å². The topological polar surface area (TPSA) is 110 Å². The number of rotatable bonds is 6. The Morgan fingerprint density at radius 3 is 2.58 bits per heavy atom. The molecule has 0 spiro atoms. The lowest BCUT2D eigenvalue weighted by atomic mass is 10.1. The van der Waals surface area contributed by atoms with E-state index in [0.717, 1.165) is 5.56 Å². The maximum Gasteiger partial charge on any atom is 0.251 e. The number of benzene rings is 2. The molecule has 4 N–H and O–H groups in total. The largest absolute Gasteiger partial charge is 0.368 e. The van der Waals surface area contributed by atoms with E-state index < -0.39 is 11.7 Å². The number of hydrogen-bond donors (Lipinski definition) is 3. The number of carbonyl (C=O) groups is 2. The van der Waals surface area contributed by atoms with Gasteiger partial charge in [0.2, 0.25) is 5.91 Å². The lowest BCUT2D eigenvalue weighted by molar-refractivity contribution is -0.117. The quantitative estimate of drug-likeness (QED) is 0.623. The molecule has 0 saturated heterocycles. The fourth-order valence-corrected chi connectivity index (χ4v) is 2.42. The molecular formula is C18H16FN5O2. The fraction of sp³-hybridized carbons (Fsp3) is 0.111. The Balaban J connectivity index is 1.68. The molecule has 7 nitrogen and oxygen atoms in total. The molecule has 2 amide bonds. The van der Waals surface area contributed by atoms with Crippen molar-refractivity contribution in [3.8, 4) is 0 Å². The second kappa shape index (κ2) is 7.56. The molecule has 0 radical (unpaired) electrons. The first kappa shape index (κ1) is 17.3. The molecular weight excluding hydrogens is 337 g/mol. The number of nitrogens with two attached hydrogens (primary N) is 1. The highest BCUT2D eigenvalue weighted by Crippen LogP contribution is 2.21. The Bertz CT molecular complexity index is 959. The third-order valence-corrected chi connectivity index (χ3v) is 3.71. The van der Waals surface area contributed by atoms with Crippen LogP contribution in [-0.2, 0) is 11.3 Å². The summed E-state index contributed by atoms with van der Waals surface area (Å²) in [5.41, 5.74) is 6.57. The number of primary amides is 1. The molecule has 0 atom stereocenters. The van der Waals surface area contributed by atoms with Crippen LogP contribution in [0.15, 0.2) is 48.8 Å². The summed E-state index contributed by atoms with van der Waals surface area (Å²) in [5.74, 6) is -0.856. The van der Waals surface area contributed by atoms with Crippen molar-refractivity contribution in [1.29, 1.82) is 0 Å². The van der Waals surface area contributed by atoms with E-state index in [2.05, 4.69) is 20.6 Å². The van der Waals surface area contributed by atoms with Crippen molar-refractivity contribution < 1.29 is 14.0 Å². The van der Waals surface area contributed by atoms with E-state index in [4.69, 9.17) is 5.73 Å². The van der Waals surface area contributed by atoms with Crippen LogP contribution in [0.1, 0.15) is 15.9 Å². The number of fused-ring (bicyclic) bond motifs is 1. The molecule has 132 valence electrons. The number of anilines is 1. The molecule has 0 unspecified atom stereocenters. The van der Waals surface area contributed by atoms with Crippen molar-refractivity contribution in [1.82, 2.24) is 15.3 Å². The first-order valence-corrected chi connectivity index (χ1v) is 7.83. The zero-order valence-corrected chi connectivity index (χ0v) is 13.7. The summed E-state index contributed by atoms with van der Waals surface area (Å²) >= 11 is 0. The summed E-state index contributed by atoms with van der Waals surface area (Å²) < 4.78 is 13.8. The second-order valence-electron chi connectivity index (χ2n) is 5.56. The van der Waals surface area contributed by atoms with E-state index in [-0.39, 0.29) is 18.0 Å². The highest BCUT2D eigenvalue weighted by molar-refractivity contribution is 5.96. The van der Waals surface area contributed by atoms with Crippen LogP contribution in [0.25, 0.3) is 10.9 Å². The molecule has 3 aromatic rings. The second-order valence-corrected chi connectivity index (χ2v) is 5.56. The molecule has 0 saturated carbocycles. The van der Waals surface area contributed by atoms with Crippen molar-refractivity contribution in [3.63, 3.8) is 0 Å². The van der Waals surface area contributed by atoms with Crippen LogP contribution < -0.4 is 16.4 Å². The van der Waals surface area contributed by atoms with Gasteiger partial charge < -0.3 is 16.4 Å². The number of hydrogen-bond acceptors (Lipinski definition) is 5. The third-order valence-electron chi connectivity index (χ3n) is 3.71. The van der Waals surface area contributed by atoms with Crippen LogP contribution in [0.5, 0.6) is 0 Å². The Morgan fingerprint density at radius 1 is 1.08 bits per heavy atom. The average molecular weight is 353 g/mol. The minimum absolute atomic E-state index is 0.209. The van der Waals surface area contributed by atoms with Gasteiger partial charge in [0, 0.05) is 17.5 Å². The van der Waals surface area contributed by atoms with Gasteiger partial charge in [0.25, 0.3) is 5.91 Å². The Kier molecular flexibility index (Phi) is 5.02. The average Bonchev–Trinajstić information content (AvgIpc) is 2.65. The van der Waals surface area contributed by atoms with Crippen LogP contribution >= 0.6 is 0 Å². The maximum absolute atomic E-state index is 13.8. The predicted octanol–water partition coefficient (Wildman–Crippen LogP) is 1.60. The Morgan fingerprint density at radius 2 is 1.85 bits per heavy atom. The number of nitrogens with zero attached hydrogens (tertiary/aromatic N) is 2. The van der Waals surface area contributed by atoms with Gasteiger partial charge in [0.05, 0.1) is 6.54 Å². The SMILES string of the molecule is NC(=O)CNC(=O)c1ccc(CNc2ncnc3c(F)cccc23)cc1. The number of halogens is 1. The van der Waals surface area contributed by atoms with Crippen LogP contribution in [0.2, 0.25) is 0 Å². The van der Waals surface area contributed by atoms with Gasteiger partial charge >= 0.3 is 0 Å². The minimum Gasteiger partial charge on any atom is -0.368 e. The standard InChI is InChI=1S/C18H16FN5O2/c19-14-3-1-2-13-16(14)23-10-24-17(13)21-8-11-4-6-12(7-5-11)18(26)22-9-15(20)25/h1-7,10H,8-9H2,(H2,20,25)(H,22,26)(H,21,23,24). The highest BCUT2D eigenvalue weighted by atomic mass is 19.1. The van der Waals surface area contributed by atoms with Crippen molar-refractivity contribution in [2.24, 2.45) is 5.73 Å². The molecule has 3 rings (SSSR count). The van der Waals surface area contributed by atoms with Gasteiger partial charge in [-0.1, -0.05) is 18.2 Å². The van der Waals surface area contributed by atoms with Gasteiger partial charge in [-0.15, -0.1) is 0 Å². The maximum atomic E-state index is 13.8. The summed E-state index contributed by atoms with van der Waals surface area (Å²) in [5, 5.41) is 6.15. The summed E-state index contributed by atoms with van der Waals surface area (Å²) in [6, 6.07) is 11.5. The minimum atomic E-state index is -0.604. The van der Waals surface area contributed by atoms with E-state index in [1.165, 1.54) is 12.4 Å². The molecule has 2 aromatic carbocycles. The smallest absolute Gasteiger partial charge is 0.251 e. The van der Waals surface area contributed by atoms with Gasteiger partial charge in [0.15, 0.2) is 0 Å². The molecule has 0 aliphatic carbocycles. The monoisotopic (exact) mass is 353 g/mol. The molecule has 26 heavy (non-hydrogen) atoms. The summed E-state index contributed by atoms with van der Waals surface area (Å²) in [7, 11) is 0. The highest BCUT2D eigenvalue weighted by Gasteiger charge is 2.08. The summed E-state index contributed by atoms with van der Waals surface area (Å²) in [6.07, 6.45) is 1.31. The molecule has 0 aliphatic rings. The van der Waals surface area contributed by atoms with Crippen LogP contribution in [-0.4, -0.2) is 28.3 Å². The number of para-hydroxylation sites is 1. The van der Waals surface area contributed by atoms with E-state index in [9.17, 15) is 14.0 Å². The van der Waals surface area contributed by atoms with E-state index in [0.29, 0.717) is 23.3 Å². The molecule has 0 fully saturated rings. The fourth-order valence-electron chi connectivity index (χ4n) is 2.42. The first-order valence-electron chi connectivity index (χ1n) is 7.83. The van der Waals surface area contributed by atoms with Crippen molar-refractivity contribution in [3.05, 3.63) is 65.7 Å². The molecule has 1 heterocycles. The summed E-state index contributed by atoms with van der Waals surface area (Å²) in [4.78, 5) is 30.6. The van der Waals surface area contributed by atoms with Gasteiger partial charge in [-0.05, 0) is 29.8 Å². The van der Waals surface area contributed by atoms with Gasteiger partial charge in [-0.3, -0.25) is 9.59 Å². The lowest BCUT2D eigenvalue weighted by Gasteiger charge is -2.09. The van der Waals surface area contributed by atoms with E-state index in [1.807, 2.05) is 0 Å². The molecule has 0 bridgehead atoms. The molecule has 8 heteroatoms. The molecule has 1 aromatic heterocycles. The predicted molar refractivity (Wildman–Crippen MR) is 94.8 cm³/mol. The van der Waals surface area contributed by atoms with E-state index in [1.54, 1.807) is 36.4 Å². The zero-order valence-electron chi connectivity index (χ0n) is 13.7.